The Morgan fingerprint density at radius 1 is 1.00 bits per heavy atom. The molecular weight excluding hydrogens is 332 g/mol. The van der Waals surface area contributed by atoms with Crippen LogP contribution < -0.4 is 20.1 Å². The monoisotopic (exact) mass is 356 g/mol. The molecule has 0 radical (unpaired) electrons. The molecule has 138 valence electrons. The number of H-pyrrole nitrogens is 1. The van der Waals surface area contributed by atoms with E-state index in [1.54, 1.807) is 0 Å². The first-order chi connectivity index (χ1) is 12.4. The number of nitrogens with one attached hydrogen (secondary N) is 2. The van der Waals surface area contributed by atoms with Gasteiger partial charge in [-0.2, -0.15) is 0 Å². The second kappa shape index (κ2) is 11.5. The van der Waals surface area contributed by atoms with E-state index < -0.39 is 11.9 Å². The zero-order valence-corrected chi connectivity index (χ0v) is 15.0. The van der Waals surface area contributed by atoms with Crippen molar-refractivity contribution in [1.82, 2.24) is 0 Å². The van der Waals surface area contributed by atoms with E-state index >= 15 is 0 Å². The van der Waals surface area contributed by atoms with Crippen LogP contribution in [0.3, 0.4) is 0 Å². The van der Waals surface area contributed by atoms with E-state index in [-0.39, 0.29) is 0 Å². The van der Waals surface area contributed by atoms with Crippen molar-refractivity contribution in [1.29, 1.82) is 0 Å². The number of pyridine rings is 1. The smallest absolute Gasteiger partial charge is 0.187 e. The SMILES string of the molecule is C[NH+](C)CCC(c1ccccc1)c1cccc[nH+]1.O=C([O-])/C=C/C(=O)[O-]. The number of aromatic nitrogens is 1. The molecule has 1 unspecified atom stereocenters. The molecule has 1 heterocycles. The maximum Gasteiger partial charge on any atom is 0.187 e. The molecule has 1 aromatic heterocycles. The summed E-state index contributed by atoms with van der Waals surface area (Å²) in [7, 11) is 4.41. The summed E-state index contributed by atoms with van der Waals surface area (Å²) in [6.07, 6.45) is 3.94. The van der Waals surface area contributed by atoms with E-state index in [0.29, 0.717) is 18.1 Å². The lowest BCUT2D eigenvalue weighted by Gasteiger charge is -2.15. The van der Waals surface area contributed by atoms with Gasteiger partial charge in [0.05, 0.1) is 38.5 Å². The molecule has 0 aliphatic carbocycles. The fourth-order valence-electron chi connectivity index (χ4n) is 2.38. The third-order valence-corrected chi connectivity index (χ3v) is 3.60. The van der Waals surface area contributed by atoms with Crippen LogP contribution in [-0.2, 0) is 9.59 Å². The minimum Gasteiger partial charge on any atom is -0.545 e. The number of aliphatic carboxylic acids is 2. The first-order valence-corrected chi connectivity index (χ1v) is 8.30. The molecule has 0 amide bonds. The summed E-state index contributed by atoms with van der Waals surface area (Å²) in [4.78, 5) is 23.7. The van der Waals surface area contributed by atoms with Gasteiger partial charge in [-0.05, 0) is 17.7 Å². The molecule has 0 saturated heterocycles. The number of carboxylic acids is 2. The first-order valence-electron chi connectivity index (χ1n) is 8.30. The molecule has 0 fully saturated rings. The summed E-state index contributed by atoms with van der Waals surface area (Å²) in [5.41, 5.74) is 2.69. The summed E-state index contributed by atoms with van der Waals surface area (Å²) in [6.45, 7) is 1.17. The van der Waals surface area contributed by atoms with Crippen LogP contribution in [0.15, 0.2) is 66.9 Å². The van der Waals surface area contributed by atoms with Gasteiger partial charge in [-0.1, -0.05) is 36.4 Å². The molecular formula is C20H24N2O4. The zero-order chi connectivity index (χ0) is 19.4. The highest BCUT2D eigenvalue weighted by Crippen LogP contribution is 2.23. The topological polar surface area (TPSA) is 98.8 Å². The number of aromatic amines is 1. The molecule has 2 N–H and O–H groups in total. The Morgan fingerprint density at radius 3 is 2.04 bits per heavy atom. The molecule has 0 saturated carbocycles. The molecule has 1 aromatic carbocycles. The first kappa shape index (κ1) is 21.1. The van der Waals surface area contributed by atoms with Crippen LogP contribution in [0.4, 0.5) is 0 Å². The van der Waals surface area contributed by atoms with E-state index in [0.717, 1.165) is 6.42 Å². The van der Waals surface area contributed by atoms with Gasteiger partial charge in [0.25, 0.3) is 0 Å². The Hall–Kier alpha value is -2.99. The number of benzene rings is 1. The summed E-state index contributed by atoms with van der Waals surface area (Å²) < 4.78 is 0. The Labute approximate surface area is 153 Å². The van der Waals surface area contributed by atoms with E-state index in [4.69, 9.17) is 0 Å². The van der Waals surface area contributed by atoms with Gasteiger partial charge in [-0.15, -0.1) is 0 Å². The second-order valence-electron chi connectivity index (χ2n) is 6.00. The Bertz CT molecular complexity index is 645. The maximum atomic E-state index is 9.41. The minimum atomic E-state index is -1.55. The van der Waals surface area contributed by atoms with Crippen LogP contribution in [0.25, 0.3) is 0 Å². The number of carboxylic acid groups (broad SMARTS) is 2. The lowest BCUT2D eigenvalue weighted by molar-refractivity contribution is -0.858. The molecule has 0 aliphatic heterocycles. The van der Waals surface area contributed by atoms with E-state index in [1.165, 1.54) is 22.7 Å². The molecule has 0 bridgehead atoms. The van der Waals surface area contributed by atoms with Gasteiger partial charge in [-0.25, -0.2) is 4.98 Å². The number of hydrogen-bond acceptors (Lipinski definition) is 4. The molecule has 0 aliphatic rings. The van der Waals surface area contributed by atoms with Crippen molar-refractivity contribution in [3.63, 3.8) is 0 Å². The van der Waals surface area contributed by atoms with Gasteiger partial charge in [0.1, 0.15) is 0 Å². The van der Waals surface area contributed by atoms with Crippen molar-refractivity contribution in [3.05, 3.63) is 78.1 Å². The highest BCUT2D eigenvalue weighted by Gasteiger charge is 2.20. The van der Waals surface area contributed by atoms with Crippen molar-refractivity contribution in [2.45, 2.75) is 12.3 Å². The van der Waals surface area contributed by atoms with Crippen LogP contribution >= 0.6 is 0 Å². The summed E-state index contributed by atoms with van der Waals surface area (Å²) >= 11 is 0. The third-order valence-electron chi connectivity index (χ3n) is 3.60. The lowest BCUT2D eigenvalue weighted by Crippen LogP contribution is -3.05. The maximum absolute atomic E-state index is 9.41. The normalized spacial score (nSPS) is 11.7. The Balaban J connectivity index is 0.000000359. The standard InChI is InChI=1S/C16H20N2.C4H4O4/c1-18(2)13-11-15(14-8-4-3-5-9-14)16-10-6-7-12-17-16;5-3(6)1-2-4(7)8/h3-10,12,15H,11,13H2,1-2H3;1-2H,(H,5,6)(H,7,8)/b;2-1+. The molecule has 2 rings (SSSR count). The van der Waals surface area contributed by atoms with Crippen molar-refractivity contribution in [2.24, 2.45) is 0 Å². The molecule has 1 atom stereocenters. The van der Waals surface area contributed by atoms with Crippen molar-refractivity contribution < 1.29 is 29.7 Å². The van der Waals surface area contributed by atoms with Crippen LogP contribution in [0, 0.1) is 0 Å². The van der Waals surface area contributed by atoms with Gasteiger partial charge in [-0.3, -0.25) is 0 Å². The van der Waals surface area contributed by atoms with Crippen LogP contribution in [-0.4, -0.2) is 32.6 Å². The van der Waals surface area contributed by atoms with Crippen LogP contribution in [0.2, 0.25) is 0 Å². The number of carbonyl (C=O) groups is 2. The van der Waals surface area contributed by atoms with E-state index in [2.05, 4.69) is 61.5 Å². The third kappa shape index (κ3) is 8.75. The van der Waals surface area contributed by atoms with Crippen LogP contribution in [0.5, 0.6) is 0 Å². The van der Waals surface area contributed by atoms with Gasteiger partial charge < -0.3 is 24.7 Å². The molecule has 26 heavy (non-hydrogen) atoms. The van der Waals surface area contributed by atoms with Crippen molar-refractivity contribution in [2.75, 3.05) is 20.6 Å². The van der Waals surface area contributed by atoms with Gasteiger partial charge >= 0.3 is 0 Å². The fraction of sp³-hybridized carbons (Fsp3) is 0.250. The van der Waals surface area contributed by atoms with Gasteiger partial charge in [0, 0.05) is 18.6 Å². The molecule has 0 spiro atoms. The molecule has 6 nitrogen and oxygen atoms in total. The Kier molecular flexibility index (Phi) is 9.35. The number of quaternary nitrogens is 1. The molecule has 2 aromatic rings. The summed E-state index contributed by atoms with van der Waals surface area (Å²) in [6, 6.07) is 17.1. The Morgan fingerprint density at radius 2 is 1.58 bits per heavy atom. The minimum absolute atomic E-state index is 0.384. The quantitative estimate of drug-likeness (QED) is 0.592. The predicted molar refractivity (Wildman–Crippen MR) is 92.7 cm³/mol. The second-order valence-corrected chi connectivity index (χ2v) is 6.00. The zero-order valence-electron chi connectivity index (χ0n) is 15.0. The van der Waals surface area contributed by atoms with Gasteiger partial charge in [0.15, 0.2) is 11.9 Å². The van der Waals surface area contributed by atoms with E-state index in [9.17, 15) is 19.8 Å². The van der Waals surface area contributed by atoms with E-state index in [1.807, 2.05) is 12.3 Å². The lowest BCUT2D eigenvalue weighted by atomic mass is 9.92. The highest BCUT2D eigenvalue weighted by molar-refractivity contribution is 5.87. The van der Waals surface area contributed by atoms with Gasteiger partial charge in [0.2, 0.25) is 0 Å². The highest BCUT2D eigenvalue weighted by atomic mass is 16.4. The predicted octanol–water partition coefficient (Wildman–Crippen LogP) is -1.79. The van der Waals surface area contributed by atoms with Crippen molar-refractivity contribution in [3.8, 4) is 0 Å². The summed E-state index contributed by atoms with van der Waals surface area (Å²) in [5.74, 6) is -2.63. The molecule has 6 heteroatoms. The average Bonchev–Trinajstić information content (AvgIpc) is 2.62. The number of hydrogen-bond donors (Lipinski definition) is 1. The fourth-order valence-corrected chi connectivity index (χ4v) is 2.38. The number of rotatable bonds is 7. The largest absolute Gasteiger partial charge is 0.545 e. The summed E-state index contributed by atoms with van der Waals surface area (Å²) in [5, 5.41) is 18.8. The average molecular weight is 356 g/mol. The van der Waals surface area contributed by atoms with Crippen molar-refractivity contribution >= 4 is 11.9 Å². The van der Waals surface area contributed by atoms with Crippen LogP contribution in [0.1, 0.15) is 23.6 Å². The number of carbonyl (C=O) groups excluding carboxylic acids is 2.